The number of fused-ring (bicyclic) bond motifs is 6. The highest BCUT2D eigenvalue weighted by Crippen LogP contribution is 2.45. The van der Waals surface area contributed by atoms with Crippen LogP contribution in [0.1, 0.15) is 85.5 Å². The second kappa shape index (κ2) is 13.2. The van der Waals surface area contributed by atoms with E-state index in [1.54, 1.807) is 0 Å². The Balaban J connectivity index is 0.840. The fraction of sp³-hybridized carbons (Fsp3) is 0.316. The first kappa shape index (κ1) is 28.0. The molecule has 0 radical (unpaired) electrons. The SMILES string of the molecule is O=C(CCCCCCCCC(=O)OCC1c2ccccc2-c2ccccc21)OCC1c2ccccc2-c2ccccc21. The number of unbranched alkanes of at least 4 members (excludes halogenated alkanes) is 5. The fourth-order valence-electron chi connectivity index (χ4n) is 6.62. The van der Waals surface area contributed by atoms with Gasteiger partial charge >= 0.3 is 11.9 Å². The van der Waals surface area contributed by atoms with Crippen LogP contribution < -0.4 is 0 Å². The molecule has 2 aliphatic rings. The van der Waals surface area contributed by atoms with Crippen molar-refractivity contribution in [1.29, 1.82) is 0 Å². The van der Waals surface area contributed by atoms with Crippen LogP contribution in [-0.4, -0.2) is 25.2 Å². The molecule has 0 amide bonds. The quantitative estimate of drug-likeness (QED) is 0.122. The summed E-state index contributed by atoms with van der Waals surface area (Å²) in [6.45, 7) is 0.783. The lowest BCUT2D eigenvalue weighted by atomic mass is 9.98. The van der Waals surface area contributed by atoms with Crippen LogP contribution in [0.5, 0.6) is 0 Å². The van der Waals surface area contributed by atoms with Crippen LogP contribution in [0.15, 0.2) is 97.1 Å². The van der Waals surface area contributed by atoms with Gasteiger partial charge < -0.3 is 9.47 Å². The van der Waals surface area contributed by atoms with E-state index in [0.29, 0.717) is 26.1 Å². The summed E-state index contributed by atoms with van der Waals surface area (Å²) in [4.78, 5) is 24.9. The van der Waals surface area contributed by atoms with Crippen LogP contribution in [0.3, 0.4) is 0 Å². The van der Waals surface area contributed by atoms with Gasteiger partial charge in [0.1, 0.15) is 13.2 Å². The van der Waals surface area contributed by atoms with Gasteiger partial charge in [-0.3, -0.25) is 9.59 Å². The van der Waals surface area contributed by atoms with Crippen LogP contribution in [0.2, 0.25) is 0 Å². The van der Waals surface area contributed by atoms with E-state index in [-0.39, 0.29) is 23.8 Å². The highest BCUT2D eigenvalue weighted by molar-refractivity contribution is 5.80. The van der Waals surface area contributed by atoms with Crippen LogP contribution in [0.4, 0.5) is 0 Å². The zero-order chi connectivity index (χ0) is 28.7. The van der Waals surface area contributed by atoms with Crippen molar-refractivity contribution in [2.75, 3.05) is 13.2 Å². The molecule has 4 heteroatoms. The standard InChI is InChI=1S/C38H38O4/c39-37(41-25-35-31-19-11-7-15-27(31)28-16-8-12-20-32(28)35)23-5-3-1-2-4-6-24-38(40)42-26-36-33-21-13-9-17-29(33)30-18-10-14-22-34(30)36/h7-22,35-36H,1-6,23-26H2. The molecule has 0 spiro atoms. The van der Waals surface area contributed by atoms with Crippen molar-refractivity contribution < 1.29 is 19.1 Å². The van der Waals surface area contributed by atoms with Crippen molar-refractivity contribution in [1.82, 2.24) is 0 Å². The van der Waals surface area contributed by atoms with E-state index in [0.717, 1.165) is 38.5 Å². The van der Waals surface area contributed by atoms with Gasteiger partial charge in [0.25, 0.3) is 0 Å². The van der Waals surface area contributed by atoms with Gasteiger partial charge in [-0.25, -0.2) is 0 Å². The molecule has 6 rings (SSSR count). The number of benzene rings is 4. The monoisotopic (exact) mass is 558 g/mol. The second-order valence-corrected chi connectivity index (χ2v) is 11.4. The molecule has 42 heavy (non-hydrogen) atoms. The second-order valence-electron chi connectivity index (χ2n) is 11.4. The number of hydrogen-bond acceptors (Lipinski definition) is 4. The van der Waals surface area contributed by atoms with Crippen molar-refractivity contribution in [2.45, 2.75) is 63.2 Å². The largest absolute Gasteiger partial charge is 0.465 e. The fourth-order valence-corrected chi connectivity index (χ4v) is 6.62. The van der Waals surface area contributed by atoms with Gasteiger partial charge in [-0.2, -0.15) is 0 Å². The number of carbonyl (C=O) groups excluding carboxylic acids is 2. The summed E-state index contributed by atoms with van der Waals surface area (Å²) in [6.07, 6.45) is 6.69. The smallest absolute Gasteiger partial charge is 0.305 e. The van der Waals surface area contributed by atoms with Gasteiger partial charge in [0.15, 0.2) is 0 Å². The van der Waals surface area contributed by atoms with E-state index in [4.69, 9.17) is 9.47 Å². The number of hydrogen-bond donors (Lipinski definition) is 0. The van der Waals surface area contributed by atoms with Crippen LogP contribution in [-0.2, 0) is 19.1 Å². The lowest BCUT2D eigenvalue weighted by Gasteiger charge is -2.14. The molecule has 4 aromatic carbocycles. The third-order valence-electron chi connectivity index (χ3n) is 8.76. The van der Waals surface area contributed by atoms with E-state index in [2.05, 4.69) is 97.1 Å². The van der Waals surface area contributed by atoms with Gasteiger partial charge in [0.2, 0.25) is 0 Å². The molecule has 0 heterocycles. The zero-order valence-corrected chi connectivity index (χ0v) is 24.1. The number of ether oxygens (including phenoxy) is 2. The molecule has 4 nitrogen and oxygen atoms in total. The normalized spacial score (nSPS) is 13.2. The molecule has 0 saturated heterocycles. The molecular weight excluding hydrogens is 520 g/mol. The Kier molecular flexibility index (Phi) is 8.79. The summed E-state index contributed by atoms with van der Waals surface area (Å²) in [5.41, 5.74) is 9.93. The average Bonchev–Trinajstić information content (AvgIpc) is 3.53. The summed E-state index contributed by atoms with van der Waals surface area (Å²) in [7, 11) is 0. The maximum Gasteiger partial charge on any atom is 0.305 e. The molecule has 0 saturated carbocycles. The van der Waals surface area contributed by atoms with Gasteiger partial charge in [-0.05, 0) is 57.3 Å². The third-order valence-corrected chi connectivity index (χ3v) is 8.76. The summed E-state index contributed by atoms with van der Waals surface area (Å²) < 4.78 is 11.4. The van der Waals surface area contributed by atoms with Gasteiger partial charge in [0, 0.05) is 24.7 Å². The summed E-state index contributed by atoms with van der Waals surface area (Å²) in [6, 6.07) is 33.6. The van der Waals surface area contributed by atoms with E-state index < -0.39 is 0 Å². The molecule has 214 valence electrons. The molecule has 0 aliphatic heterocycles. The summed E-state index contributed by atoms with van der Waals surface area (Å²) >= 11 is 0. The molecular formula is C38H38O4. The Morgan fingerprint density at radius 2 is 0.714 bits per heavy atom. The lowest BCUT2D eigenvalue weighted by Crippen LogP contribution is -2.12. The van der Waals surface area contributed by atoms with Crippen LogP contribution in [0, 0.1) is 0 Å². The van der Waals surface area contributed by atoms with Crippen molar-refractivity contribution >= 4 is 11.9 Å². The highest BCUT2D eigenvalue weighted by Gasteiger charge is 2.30. The number of rotatable bonds is 13. The highest BCUT2D eigenvalue weighted by atomic mass is 16.5. The van der Waals surface area contributed by atoms with Gasteiger partial charge in [-0.15, -0.1) is 0 Å². The maximum atomic E-state index is 12.5. The van der Waals surface area contributed by atoms with E-state index >= 15 is 0 Å². The minimum Gasteiger partial charge on any atom is -0.465 e. The third kappa shape index (κ3) is 6.04. The van der Waals surface area contributed by atoms with Crippen molar-refractivity contribution in [3.8, 4) is 22.3 Å². The van der Waals surface area contributed by atoms with Crippen LogP contribution >= 0.6 is 0 Å². The molecule has 4 aromatic rings. The van der Waals surface area contributed by atoms with E-state index in [9.17, 15) is 9.59 Å². The molecule has 0 atom stereocenters. The Hall–Kier alpha value is -4.18. The van der Waals surface area contributed by atoms with E-state index in [1.807, 2.05) is 0 Å². The van der Waals surface area contributed by atoms with Crippen molar-refractivity contribution in [3.63, 3.8) is 0 Å². The Labute approximate surface area is 248 Å². The predicted molar refractivity (Wildman–Crippen MR) is 166 cm³/mol. The Bertz CT molecular complexity index is 1350. The molecule has 0 aromatic heterocycles. The lowest BCUT2D eigenvalue weighted by molar-refractivity contribution is -0.145. The summed E-state index contributed by atoms with van der Waals surface area (Å²) in [5.74, 6) is -0.0186. The molecule has 0 bridgehead atoms. The van der Waals surface area contributed by atoms with Crippen LogP contribution in [0.25, 0.3) is 22.3 Å². The number of carbonyl (C=O) groups is 2. The first-order valence-corrected chi connectivity index (χ1v) is 15.4. The van der Waals surface area contributed by atoms with Gasteiger partial charge in [0.05, 0.1) is 0 Å². The van der Waals surface area contributed by atoms with E-state index in [1.165, 1.54) is 44.5 Å². The minimum absolute atomic E-state index is 0.109. The molecule has 2 aliphatic carbocycles. The summed E-state index contributed by atoms with van der Waals surface area (Å²) in [5, 5.41) is 0. The number of esters is 2. The molecule has 0 N–H and O–H groups in total. The van der Waals surface area contributed by atoms with Crippen molar-refractivity contribution in [2.24, 2.45) is 0 Å². The zero-order valence-electron chi connectivity index (χ0n) is 24.1. The first-order valence-electron chi connectivity index (χ1n) is 15.4. The Morgan fingerprint density at radius 3 is 1.05 bits per heavy atom. The average molecular weight is 559 g/mol. The van der Waals surface area contributed by atoms with Gasteiger partial charge in [-0.1, -0.05) is 123 Å². The first-order chi connectivity index (χ1) is 20.7. The predicted octanol–water partition coefficient (Wildman–Crippen LogP) is 8.82. The molecule has 0 unspecified atom stereocenters. The Morgan fingerprint density at radius 1 is 0.429 bits per heavy atom. The topological polar surface area (TPSA) is 52.6 Å². The van der Waals surface area contributed by atoms with Crippen molar-refractivity contribution in [3.05, 3.63) is 119 Å². The maximum absolute atomic E-state index is 12.5. The minimum atomic E-state index is -0.118. The molecule has 0 fully saturated rings.